The van der Waals surface area contributed by atoms with Gasteiger partial charge in [-0.05, 0) is 6.07 Å². The predicted octanol–water partition coefficient (Wildman–Crippen LogP) is 9.71. The SMILES string of the molecule is Cc1cc(C)c(-n2[c](=[Pt])n(-c3cccc(Oc4ccc5c6ccccc6n(-c6ccccn6)c5c4)c3)c3ccccc32)c(C)c1. The van der Waals surface area contributed by atoms with E-state index in [0.29, 0.717) is 0 Å². The van der Waals surface area contributed by atoms with Gasteiger partial charge in [-0.2, -0.15) is 0 Å². The van der Waals surface area contributed by atoms with E-state index in [9.17, 15) is 0 Å². The molecular weight excluding hydrogens is 736 g/mol. The Bertz CT molecular complexity index is 2440. The standard InChI is InChI=1S/C39H30N4O.Pt/c1-26-21-27(2)39(28(3)22-26)42-25-41(35-15-6-7-16-36(35)42)29-11-10-12-30(23-29)44-31-18-19-33-32-13-4-5-14-34(32)43(37(33)24-31)38-17-8-9-20-40-38;/h4-24H,1-3H3;. The Kier molecular flexibility index (Phi) is 6.65. The van der Waals surface area contributed by atoms with Gasteiger partial charge in [0.05, 0.1) is 0 Å². The fraction of sp³-hybridized carbons (Fsp3) is 0.0769. The second kappa shape index (κ2) is 10.9. The van der Waals surface area contributed by atoms with Gasteiger partial charge in [0.2, 0.25) is 0 Å². The first-order valence-corrected chi connectivity index (χ1v) is 16.1. The number of imidazole rings is 1. The van der Waals surface area contributed by atoms with Crippen LogP contribution in [-0.2, 0) is 19.4 Å². The number of para-hydroxylation sites is 3. The summed E-state index contributed by atoms with van der Waals surface area (Å²) in [7, 11) is 0. The molecule has 0 N–H and O–H groups in total. The molecule has 0 fully saturated rings. The molecule has 3 heterocycles. The maximum atomic E-state index is 6.57. The van der Waals surface area contributed by atoms with Crippen LogP contribution in [0.3, 0.4) is 0 Å². The number of rotatable bonds is 5. The Balaban J connectivity index is 1.24. The monoisotopic (exact) mass is 765 g/mol. The van der Waals surface area contributed by atoms with Crippen LogP contribution in [0.15, 0.2) is 128 Å². The second-order valence-electron chi connectivity index (χ2n) is 11.5. The normalized spacial score (nSPS) is 11.6. The molecule has 0 saturated carbocycles. The Morgan fingerprint density at radius 3 is 1.98 bits per heavy atom. The first kappa shape index (κ1) is 27.5. The zero-order valence-corrected chi connectivity index (χ0v) is 27.4. The molecule has 45 heavy (non-hydrogen) atoms. The summed E-state index contributed by atoms with van der Waals surface area (Å²) in [4.78, 5) is 4.67. The van der Waals surface area contributed by atoms with E-state index in [1.165, 1.54) is 27.8 Å². The van der Waals surface area contributed by atoms with Crippen molar-refractivity contribution >= 4 is 32.8 Å². The van der Waals surface area contributed by atoms with Gasteiger partial charge < -0.3 is 0 Å². The molecule has 0 aliphatic heterocycles. The number of pyridine rings is 1. The summed E-state index contributed by atoms with van der Waals surface area (Å²) in [5, 5.41) is 2.35. The third kappa shape index (κ3) is 4.58. The van der Waals surface area contributed by atoms with Gasteiger partial charge in [0.1, 0.15) is 0 Å². The fourth-order valence-electron chi connectivity index (χ4n) is 6.66. The van der Waals surface area contributed by atoms with Gasteiger partial charge in [-0.15, -0.1) is 0 Å². The maximum absolute atomic E-state index is 6.57. The second-order valence-corrected chi connectivity index (χ2v) is 12.5. The van der Waals surface area contributed by atoms with Crippen LogP contribution in [0.5, 0.6) is 11.5 Å². The number of hydrogen-bond acceptors (Lipinski definition) is 2. The molecule has 0 spiro atoms. The molecule has 8 aromatic rings. The van der Waals surface area contributed by atoms with Gasteiger partial charge in [0.25, 0.3) is 0 Å². The molecule has 0 bridgehead atoms. The topological polar surface area (TPSA) is 36.9 Å². The minimum atomic E-state index is 0.771. The molecular formula is C39H30N4OPt. The number of nitrogens with zero attached hydrogens (tertiary/aromatic N) is 4. The van der Waals surface area contributed by atoms with E-state index in [4.69, 9.17) is 4.74 Å². The average Bonchev–Trinajstić information content (AvgIpc) is 3.52. The van der Waals surface area contributed by atoms with Crippen LogP contribution in [0, 0.1) is 24.6 Å². The van der Waals surface area contributed by atoms with Crippen molar-refractivity contribution < 1.29 is 24.1 Å². The molecule has 3 aromatic heterocycles. The van der Waals surface area contributed by atoms with Gasteiger partial charge >= 0.3 is 243 Å². The van der Waals surface area contributed by atoms with Crippen molar-refractivity contribution in [3.63, 3.8) is 0 Å². The molecule has 222 valence electrons. The van der Waals surface area contributed by atoms with Crippen LogP contribution in [0.4, 0.5) is 0 Å². The third-order valence-corrected chi connectivity index (χ3v) is 9.42. The van der Waals surface area contributed by atoms with E-state index in [0.717, 1.165) is 54.3 Å². The Morgan fingerprint density at radius 1 is 0.556 bits per heavy atom. The molecule has 0 saturated heterocycles. The van der Waals surface area contributed by atoms with Crippen molar-refractivity contribution in [3.05, 3.63) is 148 Å². The molecule has 0 atom stereocenters. The van der Waals surface area contributed by atoms with Gasteiger partial charge in [0.15, 0.2) is 0 Å². The first-order valence-electron chi connectivity index (χ1n) is 15.0. The Labute approximate surface area is 272 Å². The molecule has 0 unspecified atom stereocenters. The minimum absolute atomic E-state index is 0.771. The van der Waals surface area contributed by atoms with Crippen molar-refractivity contribution in [1.29, 1.82) is 0 Å². The van der Waals surface area contributed by atoms with E-state index < -0.39 is 0 Å². The molecule has 0 radical (unpaired) electrons. The summed E-state index contributed by atoms with van der Waals surface area (Å²) in [5.74, 6) is 2.42. The van der Waals surface area contributed by atoms with Crippen molar-refractivity contribution in [3.8, 4) is 28.7 Å². The summed E-state index contributed by atoms with van der Waals surface area (Å²) in [5.41, 5.74) is 10.5. The number of aromatic nitrogens is 4. The van der Waals surface area contributed by atoms with Crippen LogP contribution in [0.2, 0.25) is 0 Å². The Morgan fingerprint density at radius 2 is 1.22 bits per heavy atom. The summed E-state index contributed by atoms with van der Waals surface area (Å²) < 4.78 is 14.6. The van der Waals surface area contributed by atoms with Gasteiger partial charge in [-0.25, -0.2) is 0 Å². The van der Waals surface area contributed by atoms with E-state index in [1.54, 1.807) is 0 Å². The number of benzene rings is 5. The molecule has 5 nitrogen and oxygen atoms in total. The van der Waals surface area contributed by atoms with Crippen LogP contribution in [-0.4, -0.2) is 18.7 Å². The van der Waals surface area contributed by atoms with Crippen molar-refractivity contribution in [2.24, 2.45) is 0 Å². The summed E-state index contributed by atoms with van der Waals surface area (Å²) in [6, 6.07) is 42.2. The zero-order valence-electron chi connectivity index (χ0n) is 25.1. The van der Waals surface area contributed by atoms with Crippen LogP contribution >= 0.6 is 0 Å². The summed E-state index contributed by atoms with van der Waals surface area (Å²) >= 11 is 2.46. The summed E-state index contributed by atoms with van der Waals surface area (Å²) in [6.07, 6.45) is 1.83. The van der Waals surface area contributed by atoms with Crippen LogP contribution < -0.4 is 4.74 Å². The molecule has 0 aliphatic carbocycles. The fourth-order valence-corrected chi connectivity index (χ4v) is 7.76. The molecule has 0 aliphatic rings. The molecule has 0 amide bonds. The quantitative estimate of drug-likeness (QED) is 0.175. The van der Waals surface area contributed by atoms with Crippen molar-refractivity contribution in [2.75, 3.05) is 0 Å². The van der Waals surface area contributed by atoms with Crippen LogP contribution in [0.25, 0.3) is 50.0 Å². The van der Waals surface area contributed by atoms with E-state index in [2.05, 4.69) is 156 Å². The van der Waals surface area contributed by atoms with E-state index in [1.807, 2.05) is 30.5 Å². The van der Waals surface area contributed by atoms with E-state index >= 15 is 0 Å². The molecule has 5 aromatic carbocycles. The molecule has 8 rings (SSSR count). The Hall–Kier alpha value is -4.99. The summed E-state index contributed by atoms with van der Waals surface area (Å²) in [6.45, 7) is 6.55. The zero-order chi connectivity index (χ0) is 30.7. The number of ether oxygens (including phenoxy) is 1. The van der Waals surface area contributed by atoms with E-state index in [-0.39, 0.29) is 0 Å². The van der Waals surface area contributed by atoms with Crippen LogP contribution in [0.1, 0.15) is 16.7 Å². The van der Waals surface area contributed by atoms with Gasteiger partial charge in [-0.3, -0.25) is 0 Å². The van der Waals surface area contributed by atoms with Gasteiger partial charge in [-0.1, -0.05) is 18.2 Å². The van der Waals surface area contributed by atoms with Gasteiger partial charge in [0, 0.05) is 6.20 Å². The number of fused-ring (bicyclic) bond motifs is 4. The van der Waals surface area contributed by atoms with Crippen molar-refractivity contribution in [2.45, 2.75) is 20.8 Å². The number of aryl methyl sites for hydroxylation is 3. The first-order chi connectivity index (χ1) is 22.0. The average molecular weight is 766 g/mol. The number of hydrogen-bond donors (Lipinski definition) is 0. The predicted molar refractivity (Wildman–Crippen MR) is 179 cm³/mol. The third-order valence-electron chi connectivity index (χ3n) is 8.40. The van der Waals surface area contributed by atoms with Crippen molar-refractivity contribution in [1.82, 2.24) is 18.7 Å². The molecule has 6 heteroatoms.